The van der Waals surface area contributed by atoms with E-state index in [0.717, 1.165) is 18.2 Å². The van der Waals surface area contributed by atoms with E-state index in [0.29, 0.717) is 11.4 Å². The second-order valence-corrected chi connectivity index (χ2v) is 6.37. The predicted molar refractivity (Wildman–Crippen MR) is 84.1 cm³/mol. The lowest BCUT2D eigenvalue weighted by Gasteiger charge is -2.20. The number of benzene rings is 1. The summed E-state index contributed by atoms with van der Waals surface area (Å²) in [7, 11) is 1.58. The van der Waals surface area contributed by atoms with E-state index in [1.54, 1.807) is 7.11 Å². The highest BCUT2D eigenvalue weighted by atomic mass is 16.6. The Morgan fingerprint density at radius 3 is 2.62 bits per heavy atom. The van der Waals surface area contributed by atoms with E-state index in [1.807, 2.05) is 39.0 Å². The molecule has 0 spiro atoms. The van der Waals surface area contributed by atoms with Crippen LogP contribution in [0, 0.1) is 5.92 Å². The number of ether oxygens (including phenoxy) is 2. The molecule has 0 unspecified atom stereocenters. The summed E-state index contributed by atoms with van der Waals surface area (Å²) < 4.78 is 10.6. The molecule has 2 N–H and O–H groups in total. The Kier molecular flexibility index (Phi) is 4.60. The third-order valence-electron chi connectivity index (χ3n) is 3.13. The summed E-state index contributed by atoms with van der Waals surface area (Å²) in [5.41, 5.74) is 1.07. The van der Waals surface area contributed by atoms with Crippen LogP contribution < -0.4 is 15.4 Å². The van der Waals surface area contributed by atoms with Crippen molar-refractivity contribution in [1.82, 2.24) is 0 Å². The van der Waals surface area contributed by atoms with E-state index < -0.39 is 11.7 Å². The van der Waals surface area contributed by atoms with E-state index in [9.17, 15) is 4.79 Å². The quantitative estimate of drug-likeness (QED) is 0.865. The number of anilines is 2. The van der Waals surface area contributed by atoms with Crippen LogP contribution in [0.1, 0.15) is 33.6 Å². The van der Waals surface area contributed by atoms with Gasteiger partial charge in [0.1, 0.15) is 11.4 Å². The third kappa shape index (κ3) is 5.17. The van der Waals surface area contributed by atoms with E-state index in [2.05, 4.69) is 10.6 Å². The Hall–Kier alpha value is -1.91. The van der Waals surface area contributed by atoms with Gasteiger partial charge in [0.25, 0.3) is 0 Å². The second-order valence-electron chi connectivity index (χ2n) is 6.37. The summed E-state index contributed by atoms with van der Waals surface area (Å²) in [4.78, 5) is 11.8. The van der Waals surface area contributed by atoms with Crippen LogP contribution in [0.3, 0.4) is 0 Å². The van der Waals surface area contributed by atoms with E-state index in [-0.39, 0.29) is 0 Å². The van der Waals surface area contributed by atoms with Crippen LogP contribution in [0.5, 0.6) is 5.75 Å². The fraction of sp³-hybridized carbons (Fsp3) is 0.562. The molecule has 0 bridgehead atoms. The summed E-state index contributed by atoms with van der Waals surface area (Å²) in [6.45, 7) is 6.47. The molecule has 0 radical (unpaired) electrons. The molecule has 1 aliphatic rings. The largest absolute Gasteiger partial charge is 0.494 e. The summed E-state index contributed by atoms with van der Waals surface area (Å²) >= 11 is 0. The van der Waals surface area contributed by atoms with Gasteiger partial charge in [0.2, 0.25) is 0 Å². The Morgan fingerprint density at radius 1 is 1.33 bits per heavy atom. The number of hydrogen-bond acceptors (Lipinski definition) is 4. The average molecular weight is 292 g/mol. The molecule has 2 rings (SSSR count). The minimum atomic E-state index is -0.525. The van der Waals surface area contributed by atoms with Crippen LogP contribution in [0.2, 0.25) is 0 Å². The molecule has 0 atom stereocenters. The zero-order valence-corrected chi connectivity index (χ0v) is 13.2. The first-order chi connectivity index (χ1) is 9.87. The molecule has 1 saturated carbocycles. The van der Waals surface area contributed by atoms with Gasteiger partial charge in [-0.1, -0.05) is 0 Å². The smallest absolute Gasteiger partial charge is 0.412 e. The van der Waals surface area contributed by atoms with Gasteiger partial charge in [-0.3, -0.25) is 5.32 Å². The van der Waals surface area contributed by atoms with Crippen molar-refractivity contribution in [3.05, 3.63) is 18.2 Å². The van der Waals surface area contributed by atoms with Crippen molar-refractivity contribution < 1.29 is 14.3 Å². The summed E-state index contributed by atoms with van der Waals surface area (Å²) in [6, 6.07) is 5.63. The molecule has 1 aromatic carbocycles. The molecule has 0 aliphatic heterocycles. The van der Waals surface area contributed by atoms with Crippen molar-refractivity contribution in [2.24, 2.45) is 5.92 Å². The monoisotopic (exact) mass is 292 g/mol. The van der Waals surface area contributed by atoms with E-state index in [1.165, 1.54) is 12.8 Å². The fourth-order valence-corrected chi connectivity index (χ4v) is 1.90. The number of nitrogens with one attached hydrogen (secondary N) is 2. The summed E-state index contributed by atoms with van der Waals surface area (Å²) in [6.07, 6.45) is 2.13. The van der Waals surface area contributed by atoms with Crippen molar-refractivity contribution in [2.75, 3.05) is 24.3 Å². The standard InChI is InChI=1S/C16H24N2O3/c1-16(2,3)21-15(19)18-13-8-7-12(9-14(13)20-4)17-10-11-5-6-11/h7-9,11,17H,5-6,10H2,1-4H3,(H,18,19). The maximum absolute atomic E-state index is 11.8. The van der Waals surface area contributed by atoms with Gasteiger partial charge >= 0.3 is 6.09 Å². The number of carbonyl (C=O) groups is 1. The number of carbonyl (C=O) groups excluding carboxylic acids is 1. The lowest BCUT2D eigenvalue weighted by molar-refractivity contribution is 0.0635. The van der Waals surface area contributed by atoms with Gasteiger partial charge in [-0.15, -0.1) is 0 Å². The molecule has 5 heteroatoms. The first-order valence-electron chi connectivity index (χ1n) is 7.29. The zero-order valence-electron chi connectivity index (χ0n) is 13.2. The normalized spacial score (nSPS) is 14.5. The van der Waals surface area contributed by atoms with Gasteiger partial charge in [0.15, 0.2) is 0 Å². The average Bonchev–Trinajstić information content (AvgIpc) is 3.19. The maximum Gasteiger partial charge on any atom is 0.412 e. The van der Waals surface area contributed by atoms with E-state index in [4.69, 9.17) is 9.47 Å². The predicted octanol–water partition coefficient (Wildman–Crippen LogP) is 3.86. The molecule has 1 aliphatic carbocycles. The maximum atomic E-state index is 11.8. The van der Waals surface area contributed by atoms with Crippen LogP contribution in [-0.4, -0.2) is 25.3 Å². The summed E-state index contributed by atoms with van der Waals surface area (Å²) in [5, 5.41) is 6.08. The molecule has 116 valence electrons. The lowest BCUT2D eigenvalue weighted by Crippen LogP contribution is -2.27. The Morgan fingerprint density at radius 2 is 2.05 bits per heavy atom. The highest BCUT2D eigenvalue weighted by Crippen LogP contribution is 2.31. The Bertz CT molecular complexity index is 505. The van der Waals surface area contributed by atoms with Crippen molar-refractivity contribution in [2.45, 2.75) is 39.2 Å². The number of rotatable bonds is 5. The number of methoxy groups -OCH3 is 1. The number of hydrogen-bond donors (Lipinski definition) is 2. The molecule has 1 amide bonds. The SMILES string of the molecule is COc1cc(NCC2CC2)ccc1NC(=O)OC(C)(C)C. The highest BCUT2D eigenvalue weighted by molar-refractivity contribution is 5.87. The zero-order chi connectivity index (χ0) is 15.5. The minimum absolute atomic E-state index is 0.487. The molecular formula is C16H24N2O3. The Labute approximate surface area is 126 Å². The van der Waals surface area contributed by atoms with Crippen molar-refractivity contribution in [1.29, 1.82) is 0 Å². The van der Waals surface area contributed by atoms with Crippen LogP contribution in [0.15, 0.2) is 18.2 Å². The molecular weight excluding hydrogens is 268 g/mol. The summed E-state index contributed by atoms with van der Waals surface area (Å²) in [5.74, 6) is 1.41. The molecule has 0 saturated heterocycles. The van der Waals surface area contributed by atoms with Crippen LogP contribution in [0.4, 0.5) is 16.2 Å². The fourth-order valence-electron chi connectivity index (χ4n) is 1.90. The second kappa shape index (κ2) is 6.24. The van der Waals surface area contributed by atoms with Crippen LogP contribution in [0.25, 0.3) is 0 Å². The van der Waals surface area contributed by atoms with Gasteiger partial charge in [-0.2, -0.15) is 0 Å². The molecule has 5 nitrogen and oxygen atoms in total. The molecule has 0 heterocycles. The van der Waals surface area contributed by atoms with Gasteiger partial charge in [0.05, 0.1) is 12.8 Å². The minimum Gasteiger partial charge on any atom is -0.494 e. The van der Waals surface area contributed by atoms with Crippen molar-refractivity contribution in [3.63, 3.8) is 0 Å². The van der Waals surface area contributed by atoms with Crippen molar-refractivity contribution in [3.8, 4) is 5.75 Å². The number of amides is 1. The molecule has 0 aromatic heterocycles. The van der Waals surface area contributed by atoms with E-state index >= 15 is 0 Å². The third-order valence-corrected chi connectivity index (χ3v) is 3.13. The molecule has 1 aromatic rings. The topological polar surface area (TPSA) is 59.6 Å². The van der Waals surface area contributed by atoms with Gasteiger partial charge in [0, 0.05) is 18.3 Å². The van der Waals surface area contributed by atoms with Gasteiger partial charge in [-0.25, -0.2) is 4.79 Å². The van der Waals surface area contributed by atoms with Crippen LogP contribution in [-0.2, 0) is 4.74 Å². The molecule has 21 heavy (non-hydrogen) atoms. The molecule has 1 fully saturated rings. The highest BCUT2D eigenvalue weighted by Gasteiger charge is 2.21. The lowest BCUT2D eigenvalue weighted by atomic mass is 10.2. The van der Waals surface area contributed by atoms with Gasteiger partial charge in [-0.05, 0) is 51.7 Å². The first-order valence-corrected chi connectivity index (χ1v) is 7.29. The van der Waals surface area contributed by atoms with Gasteiger partial charge < -0.3 is 14.8 Å². The van der Waals surface area contributed by atoms with Crippen molar-refractivity contribution >= 4 is 17.5 Å². The Balaban J connectivity index is 1.99. The van der Waals surface area contributed by atoms with Crippen LogP contribution >= 0.6 is 0 Å². The first kappa shape index (κ1) is 15.5.